The van der Waals surface area contributed by atoms with E-state index in [9.17, 15) is 18.0 Å². The van der Waals surface area contributed by atoms with E-state index in [1.807, 2.05) is 17.8 Å². The topological polar surface area (TPSA) is 98.9 Å². The van der Waals surface area contributed by atoms with E-state index >= 15 is 0 Å². The Balaban J connectivity index is 1.32. The van der Waals surface area contributed by atoms with Gasteiger partial charge in [0.2, 0.25) is 5.95 Å². The van der Waals surface area contributed by atoms with Crippen LogP contribution in [0.3, 0.4) is 0 Å². The summed E-state index contributed by atoms with van der Waals surface area (Å²) in [6.45, 7) is 1.06. The zero-order valence-electron chi connectivity index (χ0n) is 18.2. The van der Waals surface area contributed by atoms with Crippen molar-refractivity contribution in [2.24, 2.45) is 7.05 Å². The molecule has 35 heavy (non-hydrogen) atoms. The Labute approximate surface area is 200 Å². The van der Waals surface area contributed by atoms with E-state index in [2.05, 4.69) is 30.3 Å². The highest BCUT2D eigenvalue weighted by Crippen LogP contribution is 2.33. The summed E-state index contributed by atoms with van der Waals surface area (Å²) in [6, 6.07) is 9.20. The number of amides is 1. The SMILES string of the molecule is Cn1c(Nc2nc3ccc(OC(F)(F)F)cc3s2)nc2cc(C(=O)NCCn3ccnc3)ccc21. The number of halogens is 3. The number of nitrogens with zero attached hydrogens (tertiary/aromatic N) is 5. The lowest BCUT2D eigenvalue weighted by atomic mass is 10.2. The van der Waals surface area contributed by atoms with E-state index in [4.69, 9.17) is 0 Å². The molecular weight excluding hydrogens is 483 g/mol. The molecule has 9 nitrogen and oxygen atoms in total. The molecule has 0 radical (unpaired) electrons. The van der Waals surface area contributed by atoms with Crippen LogP contribution < -0.4 is 15.4 Å². The van der Waals surface area contributed by atoms with Crippen molar-refractivity contribution in [1.29, 1.82) is 0 Å². The third-order valence-electron chi connectivity index (χ3n) is 5.17. The van der Waals surface area contributed by atoms with Gasteiger partial charge in [-0.2, -0.15) is 0 Å². The predicted molar refractivity (Wildman–Crippen MR) is 125 cm³/mol. The second-order valence-corrected chi connectivity index (χ2v) is 8.61. The first-order valence-corrected chi connectivity index (χ1v) is 11.2. The van der Waals surface area contributed by atoms with Crippen LogP contribution in [0.5, 0.6) is 5.75 Å². The number of benzene rings is 2. The Morgan fingerprint density at radius 3 is 2.77 bits per heavy atom. The highest BCUT2D eigenvalue weighted by atomic mass is 32.1. The maximum atomic E-state index is 12.5. The van der Waals surface area contributed by atoms with Crippen molar-refractivity contribution in [3.05, 3.63) is 60.7 Å². The number of nitrogens with one attached hydrogen (secondary N) is 2. The monoisotopic (exact) mass is 501 g/mol. The number of anilines is 2. The number of alkyl halides is 3. The van der Waals surface area contributed by atoms with Gasteiger partial charge in [0.15, 0.2) is 5.13 Å². The van der Waals surface area contributed by atoms with Crippen LogP contribution in [0.2, 0.25) is 0 Å². The van der Waals surface area contributed by atoms with E-state index in [1.165, 1.54) is 29.5 Å². The molecule has 2 N–H and O–H groups in total. The number of rotatable bonds is 7. The average Bonchev–Trinajstić information content (AvgIpc) is 3.52. The minimum Gasteiger partial charge on any atom is -0.406 e. The molecule has 1 amide bonds. The highest BCUT2D eigenvalue weighted by Gasteiger charge is 2.31. The molecule has 0 aliphatic carbocycles. The smallest absolute Gasteiger partial charge is 0.406 e. The number of aromatic nitrogens is 5. The van der Waals surface area contributed by atoms with E-state index < -0.39 is 6.36 Å². The van der Waals surface area contributed by atoms with Gasteiger partial charge in [0.1, 0.15) is 5.75 Å². The number of imidazole rings is 2. The molecule has 0 aliphatic heterocycles. The lowest BCUT2D eigenvalue weighted by Crippen LogP contribution is -2.26. The lowest BCUT2D eigenvalue weighted by molar-refractivity contribution is -0.274. The van der Waals surface area contributed by atoms with Gasteiger partial charge in [0.25, 0.3) is 5.91 Å². The van der Waals surface area contributed by atoms with Crippen LogP contribution in [0.1, 0.15) is 10.4 Å². The maximum Gasteiger partial charge on any atom is 0.573 e. The summed E-state index contributed by atoms with van der Waals surface area (Å²) < 4.78 is 45.7. The van der Waals surface area contributed by atoms with Gasteiger partial charge in [0, 0.05) is 44.2 Å². The first kappa shape index (κ1) is 22.7. The van der Waals surface area contributed by atoms with Crippen LogP contribution in [0.15, 0.2) is 55.1 Å². The van der Waals surface area contributed by atoms with Crippen LogP contribution in [0, 0.1) is 0 Å². The second-order valence-electron chi connectivity index (χ2n) is 7.58. The van der Waals surface area contributed by atoms with Gasteiger partial charge in [-0.15, -0.1) is 13.2 Å². The minimum atomic E-state index is -4.76. The standard InChI is InChI=1S/C22H18F3N7O2S/c1-31-17-5-2-13(19(33)27-7-9-32-8-6-26-12-32)10-16(17)28-20(31)30-21-29-15-4-3-14(11-18(15)35-21)34-22(23,24)25/h2-6,8,10-12H,7,9H2,1H3,(H,27,33)(H,28,29,30). The molecule has 0 bridgehead atoms. The fraction of sp³-hybridized carbons (Fsp3) is 0.182. The molecule has 2 aromatic carbocycles. The molecule has 13 heteroatoms. The van der Waals surface area contributed by atoms with Gasteiger partial charge in [-0.1, -0.05) is 11.3 Å². The van der Waals surface area contributed by atoms with Crippen molar-refractivity contribution in [3.63, 3.8) is 0 Å². The fourth-order valence-electron chi connectivity index (χ4n) is 3.52. The fourth-order valence-corrected chi connectivity index (χ4v) is 4.41. The van der Waals surface area contributed by atoms with Crippen LogP contribution in [0.4, 0.5) is 24.3 Å². The van der Waals surface area contributed by atoms with Gasteiger partial charge < -0.3 is 24.5 Å². The Bertz CT molecular complexity index is 1510. The Morgan fingerprint density at radius 2 is 2.00 bits per heavy atom. The molecule has 3 aromatic heterocycles. The number of hydrogen-bond acceptors (Lipinski definition) is 7. The van der Waals surface area contributed by atoms with Crippen molar-refractivity contribution in [2.45, 2.75) is 12.9 Å². The summed E-state index contributed by atoms with van der Waals surface area (Å²) >= 11 is 1.17. The Kier molecular flexibility index (Phi) is 5.76. The van der Waals surface area contributed by atoms with E-state index in [0.29, 0.717) is 45.5 Å². The zero-order valence-corrected chi connectivity index (χ0v) is 19.0. The molecule has 5 rings (SSSR count). The second kappa shape index (κ2) is 8.91. The first-order chi connectivity index (χ1) is 16.7. The summed E-state index contributed by atoms with van der Waals surface area (Å²) in [5.74, 6) is -0.0440. The normalized spacial score (nSPS) is 11.8. The molecule has 0 fully saturated rings. The van der Waals surface area contributed by atoms with Crippen LogP contribution in [-0.2, 0) is 13.6 Å². The van der Waals surface area contributed by atoms with Crippen molar-refractivity contribution < 1.29 is 22.7 Å². The summed E-state index contributed by atoms with van der Waals surface area (Å²) in [6.07, 6.45) is 0.418. The summed E-state index contributed by atoms with van der Waals surface area (Å²) in [5.41, 5.74) is 2.41. The number of carbonyl (C=O) groups excluding carboxylic acids is 1. The molecule has 5 aromatic rings. The maximum absolute atomic E-state index is 12.5. The van der Waals surface area contributed by atoms with E-state index in [0.717, 1.165) is 5.52 Å². The van der Waals surface area contributed by atoms with Gasteiger partial charge in [-0.25, -0.2) is 15.0 Å². The van der Waals surface area contributed by atoms with E-state index in [-0.39, 0.29) is 11.7 Å². The Hall–Kier alpha value is -4.13. The minimum absolute atomic E-state index is 0.213. The summed E-state index contributed by atoms with van der Waals surface area (Å²) in [7, 11) is 1.81. The lowest BCUT2D eigenvalue weighted by Gasteiger charge is -2.07. The van der Waals surface area contributed by atoms with Gasteiger partial charge in [-0.05, 0) is 30.3 Å². The number of hydrogen-bond donors (Lipinski definition) is 2. The third-order valence-corrected chi connectivity index (χ3v) is 6.10. The van der Waals surface area contributed by atoms with E-state index in [1.54, 1.807) is 35.3 Å². The van der Waals surface area contributed by atoms with Crippen molar-refractivity contribution in [1.82, 2.24) is 29.4 Å². The highest BCUT2D eigenvalue weighted by molar-refractivity contribution is 7.22. The zero-order chi connectivity index (χ0) is 24.6. The molecule has 0 aliphatic rings. The number of fused-ring (bicyclic) bond motifs is 2. The average molecular weight is 501 g/mol. The molecule has 0 saturated heterocycles. The summed E-state index contributed by atoms with van der Waals surface area (Å²) in [4.78, 5) is 25.5. The van der Waals surface area contributed by atoms with Gasteiger partial charge in [-0.3, -0.25) is 4.79 Å². The van der Waals surface area contributed by atoms with Gasteiger partial charge in [0.05, 0.1) is 27.6 Å². The first-order valence-electron chi connectivity index (χ1n) is 10.4. The van der Waals surface area contributed by atoms with Crippen LogP contribution in [0.25, 0.3) is 21.3 Å². The number of carbonyl (C=O) groups is 1. The number of thiazole rings is 1. The van der Waals surface area contributed by atoms with Crippen molar-refractivity contribution in [3.8, 4) is 5.75 Å². The molecule has 0 atom stereocenters. The summed E-state index contributed by atoms with van der Waals surface area (Å²) in [5, 5.41) is 6.43. The Morgan fingerprint density at radius 1 is 1.14 bits per heavy atom. The third kappa shape index (κ3) is 5.04. The molecular formula is C22H18F3N7O2S. The molecule has 3 heterocycles. The largest absolute Gasteiger partial charge is 0.573 e. The predicted octanol–water partition coefficient (Wildman–Crippen LogP) is 4.45. The number of aryl methyl sites for hydroxylation is 1. The van der Waals surface area contributed by atoms with Crippen molar-refractivity contribution in [2.75, 3.05) is 11.9 Å². The molecule has 180 valence electrons. The van der Waals surface area contributed by atoms with Crippen molar-refractivity contribution >= 4 is 49.6 Å². The molecule has 0 unspecified atom stereocenters. The quantitative estimate of drug-likeness (QED) is 0.342. The van der Waals surface area contributed by atoms with Gasteiger partial charge >= 0.3 is 6.36 Å². The van der Waals surface area contributed by atoms with Crippen LogP contribution in [-0.4, -0.2) is 42.9 Å². The number of ether oxygens (including phenoxy) is 1. The molecule has 0 saturated carbocycles. The van der Waals surface area contributed by atoms with Crippen LogP contribution >= 0.6 is 11.3 Å². The molecule has 0 spiro atoms.